The molecule has 1 aliphatic rings. The number of carbonyl (C=O) groups is 1. The van der Waals surface area contributed by atoms with E-state index in [0.717, 1.165) is 37.2 Å². The Balaban J connectivity index is 2.14. The molecule has 1 aromatic heterocycles. The molecule has 0 spiro atoms. The average Bonchev–Trinajstić information content (AvgIpc) is 2.77. The number of rotatable bonds is 3. The van der Waals surface area contributed by atoms with Crippen molar-refractivity contribution in [1.82, 2.24) is 15.2 Å². The molecule has 0 radical (unpaired) electrons. The standard InChI is InChI=1S/C13H19N3O/c1-10-8-11(5-6-15-10)13(17)16-7-3-4-12(16)9-14-2/h5-6,8,12,14H,3-4,7,9H2,1-2H3. The van der Waals surface area contributed by atoms with Crippen molar-refractivity contribution in [3.05, 3.63) is 29.6 Å². The second-order valence-corrected chi connectivity index (χ2v) is 4.54. The monoisotopic (exact) mass is 233 g/mol. The molecule has 1 aromatic rings. The molecule has 0 saturated carbocycles. The number of likely N-dealkylation sites (tertiary alicyclic amines) is 1. The Morgan fingerprint density at radius 1 is 1.65 bits per heavy atom. The lowest BCUT2D eigenvalue weighted by Crippen LogP contribution is -2.40. The molecule has 1 N–H and O–H groups in total. The molecule has 1 unspecified atom stereocenters. The Bertz CT molecular complexity index is 405. The zero-order valence-corrected chi connectivity index (χ0v) is 10.4. The van der Waals surface area contributed by atoms with Crippen LogP contribution in [0.25, 0.3) is 0 Å². The smallest absolute Gasteiger partial charge is 0.254 e. The van der Waals surface area contributed by atoms with Crippen molar-refractivity contribution in [1.29, 1.82) is 0 Å². The first-order valence-electron chi connectivity index (χ1n) is 6.10. The molecular formula is C13H19N3O. The average molecular weight is 233 g/mol. The minimum atomic E-state index is 0.133. The van der Waals surface area contributed by atoms with Gasteiger partial charge in [0, 0.05) is 36.6 Å². The van der Waals surface area contributed by atoms with Gasteiger partial charge in [-0.05, 0) is 38.9 Å². The van der Waals surface area contributed by atoms with Crippen molar-refractivity contribution in [2.45, 2.75) is 25.8 Å². The van der Waals surface area contributed by atoms with Crippen molar-refractivity contribution in [2.24, 2.45) is 0 Å². The lowest BCUT2D eigenvalue weighted by atomic mass is 10.1. The first-order chi connectivity index (χ1) is 8.22. The van der Waals surface area contributed by atoms with Crippen molar-refractivity contribution in [3.8, 4) is 0 Å². The van der Waals surface area contributed by atoms with Gasteiger partial charge in [-0.1, -0.05) is 0 Å². The number of nitrogens with zero attached hydrogens (tertiary/aromatic N) is 2. The third-order valence-electron chi connectivity index (χ3n) is 3.22. The number of carbonyl (C=O) groups excluding carboxylic acids is 1. The predicted octanol–water partition coefficient (Wildman–Crippen LogP) is 1.21. The summed E-state index contributed by atoms with van der Waals surface area (Å²) >= 11 is 0. The summed E-state index contributed by atoms with van der Waals surface area (Å²) < 4.78 is 0. The van der Waals surface area contributed by atoms with Crippen LogP contribution in [0.3, 0.4) is 0 Å². The molecule has 0 bridgehead atoms. The van der Waals surface area contributed by atoms with Crippen molar-refractivity contribution in [3.63, 3.8) is 0 Å². The molecule has 92 valence electrons. The summed E-state index contributed by atoms with van der Waals surface area (Å²) in [6.07, 6.45) is 3.89. The maximum atomic E-state index is 12.4. The van der Waals surface area contributed by atoms with E-state index in [9.17, 15) is 4.79 Å². The summed E-state index contributed by atoms with van der Waals surface area (Å²) in [5.41, 5.74) is 1.64. The molecule has 1 aliphatic heterocycles. The van der Waals surface area contributed by atoms with Crippen LogP contribution in [0.15, 0.2) is 18.3 Å². The highest BCUT2D eigenvalue weighted by Gasteiger charge is 2.28. The highest BCUT2D eigenvalue weighted by atomic mass is 16.2. The molecule has 1 saturated heterocycles. The Hall–Kier alpha value is -1.42. The number of likely N-dealkylation sites (N-methyl/N-ethyl adjacent to an activating group) is 1. The van der Waals surface area contributed by atoms with E-state index in [-0.39, 0.29) is 5.91 Å². The molecule has 4 nitrogen and oxygen atoms in total. The van der Waals surface area contributed by atoms with E-state index in [1.165, 1.54) is 0 Å². The van der Waals surface area contributed by atoms with Crippen molar-refractivity contribution >= 4 is 5.91 Å². The molecular weight excluding hydrogens is 214 g/mol. The number of nitrogens with one attached hydrogen (secondary N) is 1. The summed E-state index contributed by atoms with van der Waals surface area (Å²) in [6, 6.07) is 3.99. The van der Waals surface area contributed by atoms with E-state index in [1.807, 2.05) is 24.9 Å². The highest BCUT2D eigenvalue weighted by Crippen LogP contribution is 2.19. The molecule has 2 heterocycles. The van der Waals surface area contributed by atoms with Crippen molar-refractivity contribution in [2.75, 3.05) is 20.1 Å². The van der Waals surface area contributed by atoms with E-state index >= 15 is 0 Å². The fourth-order valence-electron chi connectivity index (χ4n) is 2.40. The number of amides is 1. The van der Waals surface area contributed by atoms with Crippen LogP contribution in [0.5, 0.6) is 0 Å². The van der Waals surface area contributed by atoms with Gasteiger partial charge in [-0.15, -0.1) is 0 Å². The van der Waals surface area contributed by atoms with Gasteiger partial charge in [0.15, 0.2) is 0 Å². The number of hydrogen-bond donors (Lipinski definition) is 1. The first kappa shape index (κ1) is 12.0. The van der Waals surface area contributed by atoms with Crippen LogP contribution >= 0.6 is 0 Å². The maximum absolute atomic E-state index is 12.4. The number of hydrogen-bond acceptors (Lipinski definition) is 3. The van der Waals surface area contributed by atoms with E-state index in [1.54, 1.807) is 12.3 Å². The summed E-state index contributed by atoms with van der Waals surface area (Å²) in [7, 11) is 1.93. The summed E-state index contributed by atoms with van der Waals surface area (Å²) in [6.45, 7) is 3.65. The van der Waals surface area contributed by atoms with E-state index in [2.05, 4.69) is 10.3 Å². The summed E-state index contributed by atoms with van der Waals surface area (Å²) in [5, 5.41) is 3.15. The molecule has 0 aromatic carbocycles. The van der Waals surface area contributed by atoms with Crippen LogP contribution in [0, 0.1) is 6.92 Å². The first-order valence-corrected chi connectivity index (χ1v) is 6.10. The molecule has 2 rings (SSSR count). The molecule has 0 aliphatic carbocycles. The van der Waals surface area contributed by atoms with Crippen LogP contribution in [-0.2, 0) is 0 Å². The van der Waals surface area contributed by atoms with E-state index in [4.69, 9.17) is 0 Å². The fraction of sp³-hybridized carbons (Fsp3) is 0.538. The summed E-state index contributed by atoms with van der Waals surface area (Å²) in [4.78, 5) is 18.5. The number of aryl methyl sites for hydroxylation is 1. The van der Waals surface area contributed by atoms with Crippen LogP contribution in [0.2, 0.25) is 0 Å². The Morgan fingerprint density at radius 2 is 2.47 bits per heavy atom. The topological polar surface area (TPSA) is 45.2 Å². The van der Waals surface area contributed by atoms with Gasteiger partial charge in [-0.2, -0.15) is 0 Å². The number of pyridine rings is 1. The molecule has 4 heteroatoms. The zero-order valence-electron chi connectivity index (χ0n) is 10.4. The van der Waals surface area contributed by atoms with Gasteiger partial charge in [0.2, 0.25) is 0 Å². The normalized spacial score (nSPS) is 19.6. The van der Waals surface area contributed by atoms with Gasteiger partial charge in [0.05, 0.1) is 0 Å². The number of aromatic nitrogens is 1. The van der Waals surface area contributed by atoms with E-state index in [0.29, 0.717) is 6.04 Å². The molecule has 17 heavy (non-hydrogen) atoms. The van der Waals surface area contributed by atoms with Crippen LogP contribution in [0.1, 0.15) is 28.9 Å². The second kappa shape index (κ2) is 5.27. The van der Waals surface area contributed by atoms with Gasteiger partial charge in [0.25, 0.3) is 5.91 Å². The lowest BCUT2D eigenvalue weighted by Gasteiger charge is -2.24. The third kappa shape index (κ3) is 2.64. The lowest BCUT2D eigenvalue weighted by molar-refractivity contribution is 0.0737. The molecule has 1 atom stereocenters. The highest BCUT2D eigenvalue weighted by molar-refractivity contribution is 5.94. The van der Waals surface area contributed by atoms with E-state index < -0.39 is 0 Å². The molecule has 1 fully saturated rings. The minimum absolute atomic E-state index is 0.133. The molecule has 1 amide bonds. The predicted molar refractivity (Wildman–Crippen MR) is 67.0 cm³/mol. The fourth-order valence-corrected chi connectivity index (χ4v) is 2.40. The van der Waals surface area contributed by atoms with Gasteiger partial charge < -0.3 is 10.2 Å². The van der Waals surface area contributed by atoms with Crippen LogP contribution < -0.4 is 5.32 Å². The van der Waals surface area contributed by atoms with Crippen LogP contribution in [0.4, 0.5) is 0 Å². The Morgan fingerprint density at radius 3 is 3.18 bits per heavy atom. The second-order valence-electron chi connectivity index (χ2n) is 4.54. The SMILES string of the molecule is CNCC1CCCN1C(=O)c1ccnc(C)c1. The van der Waals surface area contributed by atoms with Crippen molar-refractivity contribution < 1.29 is 4.79 Å². The third-order valence-corrected chi connectivity index (χ3v) is 3.22. The van der Waals surface area contributed by atoms with Gasteiger partial charge in [-0.3, -0.25) is 9.78 Å². The maximum Gasteiger partial charge on any atom is 0.254 e. The zero-order chi connectivity index (χ0) is 12.3. The largest absolute Gasteiger partial charge is 0.334 e. The van der Waals surface area contributed by atoms with Gasteiger partial charge in [0.1, 0.15) is 0 Å². The van der Waals surface area contributed by atoms with Gasteiger partial charge >= 0.3 is 0 Å². The minimum Gasteiger partial charge on any atom is -0.334 e. The Kier molecular flexibility index (Phi) is 3.74. The summed E-state index contributed by atoms with van der Waals surface area (Å²) in [5.74, 6) is 0.133. The van der Waals surface area contributed by atoms with Crippen LogP contribution in [-0.4, -0.2) is 42.0 Å². The van der Waals surface area contributed by atoms with Gasteiger partial charge in [-0.25, -0.2) is 0 Å². The Labute approximate surface area is 102 Å². The quantitative estimate of drug-likeness (QED) is 0.853.